The molecular weight excluding hydrogens is 493 g/mol. The van der Waals surface area contributed by atoms with Crippen LogP contribution in [-0.4, -0.2) is 77.0 Å². The van der Waals surface area contributed by atoms with Crippen LogP contribution in [0.25, 0.3) is 0 Å². The first-order valence-electron chi connectivity index (χ1n) is 11.0. The zero-order valence-corrected chi connectivity index (χ0v) is 19.8. The minimum Gasteiger partial charge on any atom is -0.485 e. The van der Waals surface area contributed by atoms with E-state index in [9.17, 15) is 22.8 Å². The molecular formula is C21H26ClF3N6O4. The maximum Gasteiger partial charge on any atom is 0.425 e. The largest absolute Gasteiger partial charge is 0.485 e. The van der Waals surface area contributed by atoms with Crippen molar-refractivity contribution in [2.24, 2.45) is 0 Å². The van der Waals surface area contributed by atoms with Crippen LogP contribution in [0.4, 0.5) is 19.1 Å². The smallest absolute Gasteiger partial charge is 0.425 e. The summed E-state index contributed by atoms with van der Waals surface area (Å²) < 4.78 is 50.2. The molecule has 0 aliphatic carbocycles. The number of nitrogens with one attached hydrogen (secondary N) is 1. The van der Waals surface area contributed by atoms with Crippen LogP contribution in [0.2, 0.25) is 5.02 Å². The second-order valence-corrected chi connectivity index (χ2v) is 8.38. The van der Waals surface area contributed by atoms with Gasteiger partial charge in [-0.05, 0) is 19.3 Å². The van der Waals surface area contributed by atoms with Gasteiger partial charge in [0.25, 0.3) is 5.56 Å². The van der Waals surface area contributed by atoms with Crippen molar-refractivity contribution in [3.63, 3.8) is 0 Å². The van der Waals surface area contributed by atoms with Crippen LogP contribution >= 0.6 is 11.6 Å². The summed E-state index contributed by atoms with van der Waals surface area (Å²) in [5.74, 6) is -0.0825. The zero-order chi connectivity index (χ0) is 25.4. The number of carbonyl (C=O) groups is 1. The predicted octanol–water partition coefficient (Wildman–Crippen LogP) is 2.54. The summed E-state index contributed by atoms with van der Waals surface area (Å²) >= 11 is 5.81. The molecule has 2 aromatic rings. The second-order valence-electron chi connectivity index (χ2n) is 7.95. The molecule has 1 aliphatic heterocycles. The number of piperazine rings is 1. The number of aromatic amines is 1. The van der Waals surface area contributed by atoms with Gasteiger partial charge in [-0.1, -0.05) is 11.6 Å². The molecule has 14 heteroatoms. The molecule has 2 aromatic heterocycles. The summed E-state index contributed by atoms with van der Waals surface area (Å²) in [6.45, 7) is 2.30. The SMILES string of the molecule is COC[C@H](CCCCC(=O)N1CCN(c2ncc(Cl)cn2)CC1)Oc1cn[nH]c(=O)c1C(F)(F)F. The third-order valence-corrected chi connectivity index (χ3v) is 5.63. The van der Waals surface area contributed by atoms with Crippen LogP contribution in [0.15, 0.2) is 23.4 Å². The number of alkyl halides is 3. The molecule has 0 bridgehead atoms. The fourth-order valence-corrected chi connectivity index (χ4v) is 3.81. The van der Waals surface area contributed by atoms with Gasteiger partial charge in [-0.25, -0.2) is 15.1 Å². The van der Waals surface area contributed by atoms with Gasteiger partial charge in [0, 0.05) is 39.7 Å². The van der Waals surface area contributed by atoms with Gasteiger partial charge >= 0.3 is 6.18 Å². The number of methoxy groups -OCH3 is 1. The molecule has 35 heavy (non-hydrogen) atoms. The number of amides is 1. The Morgan fingerprint density at radius 2 is 1.86 bits per heavy atom. The van der Waals surface area contributed by atoms with E-state index < -0.39 is 29.2 Å². The van der Waals surface area contributed by atoms with Gasteiger partial charge in [-0.15, -0.1) is 0 Å². The van der Waals surface area contributed by atoms with Gasteiger partial charge in [0.2, 0.25) is 11.9 Å². The van der Waals surface area contributed by atoms with Crippen molar-refractivity contribution in [3.8, 4) is 5.75 Å². The summed E-state index contributed by atoms with van der Waals surface area (Å²) in [4.78, 5) is 36.3. The standard InChI is InChI=1S/C21H26ClF3N6O4/c1-34-13-15(35-16-12-28-29-19(33)18(16)21(23,24)25)4-2-3-5-17(32)30-6-8-31(9-7-30)20-26-10-14(22)11-27-20/h10-12,15H,2-9,13H2,1H3,(H,29,33)/t15-/m0/s1. The molecule has 3 heterocycles. The fraction of sp³-hybridized carbons (Fsp3) is 0.571. The van der Waals surface area contributed by atoms with E-state index >= 15 is 0 Å². The lowest BCUT2D eigenvalue weighted by Crippen LogP contribution is -2.49. The van der Waals surface area contributed by atoms with E-state index in [-0.39, 0.29) is 12.5 Å². The molecule has 0 saturated carbocycles. The van der Waals surface area contributed by atoms with Gasteiger partial charge in [0.15, 0.2) is 11.3 Å². The van der Waals surface area contributed by atoms with Crippen molar-refractivity contribution < 1.29 is 27.4 Å². The van der Waals surface area contributed by atoms with Crippen molar-refractivity contribution in [2.75, 3.05) is 44.8 Å². The normalized spacial score (nSPS) is 15.2. The average Bonchev–Trinajstić information content (AvgIpc) is 2.81. The molecule has 1 aliphatic rings. The minimum absolute atomic E-state index is 0.00374. The predicted molar refractivity (Wildman–Crippen MR) is 120 cm³/mol. The van der Waals surface area contributed by atoms with Crippen LogP contribution in [0.3, 0.4) is 0 Å². The van der Waals surface area contributed by atoms with E-state index in [2.05, 4.69) is 15.1 Å². The van der Waals surface area contributed by atoms with E-state index in [4.69, 9.17) is 21.1 Å². The third-order valence-electron chi connectivity index (χ3n) is 5.44. The van der Waals surface area contributed by atoms with Gasteiger partial charge in [0.1, 0.15) is 6.10 Å². The number of carbonyl (C=O) groups excluding carboxylic acids is 1. The van der Waals surface area contributed by atoms with Gasteiger partial charge in [-0.3, -0.25) is 9.59 Å². The number of nitrogens with zero attached hydrogens (tertiary/aromatic N) is 5. The molecule has 1 atom stereocenters. The average molecular weight is 519 g/mol. The van der Waals surface area contributed by atoms with E-state index in [0.717, 1.165) is 6.20 Å². The van der Waals surface area contributed by atoms with Crippen LogP contribution in [0.5, 0.6) is 5.75 Å². The highest BCUT2D eigenvalue weighted by atomic mass is 35.5. The van der Waals surface area contributed by atoms with Crippen molar-refractivity contribution in [1.82, 2.24) is 25.1 Å². The molecule has 1 fully saturated rings. The number of unbranched alkanes of at least 4 members (excludes halogenated alkanes) is 1. The molecule has 1 N–H and O–H groups in total. The summed E-state index contributed by atoms with van der Waals surface area (Å²) in [5, 5.41) is 5.62. The highest BCUT2D eigenvalue weighted by molar-refractivity contribution is 6.30. The van der Waals surface area contributed by atoms with Crippen LogP contribution in [0, 0.1) is 0 Å². The Hall–Kier alpha value is -2.93. The highest BCUT2D eigenvalue weighted by Gasteiger charge is 2.38. The number of halogens is 4. The van der Waals surface area contributed by atoms with Gasteiger partial charge in [-0.2, -0.15) is 18.3 Å². The molecule has 0 spiro atoms. The van der Waals surface area contributed by atoms with E-state index in [1.165, 1.54) is 19.5 Å². The first-order valence-corrected chi connectivity index (χ1v) is 11.4. The van der Waals surface area contributed by atoms with E-state index in [1.54, 1.807) is 10.00 Å². The summed E-state index contributed by atoms with van der Waals surface area (Å²) in [6, 6.07) is 0. The second kappa shape index (κ2) is 12.2. The Morgan fingerprint density at radius 1 is 1.17 bits per heavy atom. The first kappa shape index (κ1) is 26.7. The van der Waals surface area contributed by atoms with E-state index in [0.29, 0.717) is 62.8 Å². The Bertz CT molecular complexity index is 1030. The van der Waals surface area contributed by atoms with Crippen molar-refractivity contribution >= 4 is 23.5 Å². The first-order chi connectivity index (χ1) is 16.7. The molecule has 3 rings (SSSR count). The molecule has 0 aromatic carbocycles. The number of hydrogen-bond donors (Lipinski definition) is 1. The molecule has 1 amide bonds. The monoisotopic (exact) mass is 518 g/mol. The Morgan fingerprint density at radius 3 is 2.49 bits per heavy atom. The molecule has 0 unspecified atom stereocenters. The molecule has 0 radical (unpaired) electrons. The fourth-order valence-electron chi connectivity index (χ4n) is 3.71. The number of aromatic nitrogens is 4. The van der Waals surface area contributed by atoms with Crippen LogP contribution < -0.4 is 15.2 Å². The minimum atomic E-state index is -4.89. The lowest BCUT2D eigenvalue weighted by Gasteiger charge is -2.34. The summed E-state index contributed by atoms with van der Waals surface area (Å²) in [6.07, 6.45) is -0.0484. The third kappa shape index (κ3) is 7.52. The Kier molecular flexibility index (Phi) is 9.26. The molecule has 10 nitrogen and oxygen atoms in total. The quantitative estimate of drug-likeness (QED) is 0.477. The summed E-state index contributed by atoms with van der Waals surface area (Å²) in [5.41, 5.74) is -2.81. The number of rotatable bonds is 10. The Labute approximate surface area is 204 Å². The van der Waals surface area contributed by atoms with Gasteiger partial charge < -0.3 is 19.3 Å². The Balaban J connectivity index is 1.45. The van der Waals surface area contributed by atoms with Crippen molar-refractivity contribution in [2.45, 2.75) is 38.0 Å². The van der Waals surface area contributed by atoms with Crippen LogP contribution in [0.1, 0.15) is 31.2 Å². The number of hydrogen-bond acceptors (Lipinski definition) is 8. The maximum atomic E-state index is 13.2. The van der Waals surface area contributed by atoms with Gasteiger partial charge in [0.05, 0.1) is 30.2 Å². The maximum absolute atomic E-state index is 13.2. The lowest BCUT2D eigenvalue weighted by atomic mass is 10.1. The number of H-pyrrole nitrogens is 1. The zero-order valence-electron chi connectivity index (χ0n) is 19.1. The number of anilines is 1. The van der Waals surface area contributed by atoms with E-state index in [1.807, 2.05) is 4.90 Å². The lowest BCUT2D eigenvalue weighted by molar-refractivity contribution is -0.140. The topological polar surface area (TPSA) is 114 Å². The van der Waals surface area contributed by atoms with Crippen molar-refractivity contribution in [1.29, 1.82) is 0 Å². The summed E-state index contributed by atoms with van der Waals surface area (Å²) in [7, 11) is 1.40. The molecule has 192 valence electrons. The number of ether oxygens (including phenoxy) is 2. The van der Waals surface area contributed by atoms with Crippen molar-refractivity contribution in [3.05, 3.63) is 39.5 Å². The van der Waals surface area contributed by atoms with Crippen LogP contribution in [-0.2, 0) is 15.7 Å². The highest BCUT2D eigenvalue weighted by Crippen LogP contribution is 2.33. The molecule has 1 saturated heterocycles.